The lowest BCUT2D eigenvalue weighted by molar-refractivity contribution is -0.140. The van der Waals surface area contributed by atoms with Gasteiger partial charge in [0.25, 0.3) is 6.01 Å². The maximum absolute atomic E-state index is 14.4. The summed E-state index contributed by atoms with van der Waals surface area (Å²) in [5.74, 6) is 0.519. The molecule has 2 aromatic rings. The molecule has 3 aliphatic rings. The second-order valence-corrected chi connectivity index (χ2v) is 12.1. The van der Waals surface area contributed by atoms with Crippen molar-refractivity contribution in [2.24, 2.45) is 17.6 Å². The third-order valence-electron chi connectivity index (χ3n) is 9.28. The molecular weight excluding hydrogens is 502 g/mol. The number of benzene rings is 1. The molecule has 0 aliphatic heterocycles. The molecule has 2 amide bonds. The summed E-state index contributed by atoms with van der Waals surface area (Å²) in [6, 6.07) is 7.27. The van der Waals surface area contributed by atoms with Gasteiger partial charge in [0.1, 0.15) is 11.6 Å². The number of oxazole rings is 1. The number of amides is 2. The Morgan fingerprint density at radius 1 is 1.00 bits per heavy atom. The molecule has 8 heteroatoms. The number of anilines is 1. The van der Waals surface area contributed by atoms with Crippen molar-refractivity contribution in [2.75, 3.05) is 11.9 Å². The number of nitrogens with two attached hydrogens (primary N) is 1. The van der Waals surface area contributed by atoms with Crippen LogP contribution in [0.15, 0.2) is 53.1 Å². The number of aromatic nitrogens is 1. The summed E-state index contributed by atoms with van der Waals surface area (Å²) in [5, 5.41) is 6.55. The van der Waals surface area contributed by atoms with E-state index in [4.69, 9.17) is 10.2 Å². The minimum absolute atomic E-state index is 0.0213. The van der Waals surface area contributed by atoms with Crippen LogP contribution in [-0.4, -0.2) is 46.4 Å². The number of hydrogen-bond acceptors (Lipinski definition) is 6. The van der Waals surface area contributed by atoms with Crippen molar-refractivity contribution in [3.05, 3.63) is 48.7 Å². The number of nitrogens with zero attached hydrogens (tertiary/aromatic N) is 2. The highest BCUT2D eigenvalue weighted by atomic mass is 16.4. The quantitative estimate of drug-likeness (QED) is 0.295. The van der Waals surface area contributed by atoms with Crippen LogP contribution < -0.4 is 16.4 Å². The number of para-hydroxylation sites is 2. The van der Waals surface area contributed by atoms with E-state index < -0.39 is 6.04 Å². The first kappa shape index (κ1) is 28.2. The molecule has 1 aromatic heterocycles. The zero-order chi connectivity index (χ0) is 28.1. The van der Waals surface area contributed by atoms with Crippen LogP contribution in [0.5, 0.6) is 0 Å². The van der Waals surface area contributed by atoms with Crippen molar-refractivity contribution in [1.82, 2.24) is 15.2 Å². The van der Waals surface area contributed by atoms with Gasteiger partial charge in [-0.05, 0) is 61.6 Å². The Morgan fingerprint density at radius 2 is 1.70 bits per heavy atom. The lowest BCUT2D eigenvalue weighted by Crippen LogP contribution is -2.54. The summed E-state index contributed by atoms with van der Waals surface area (Å²) in [4.78, 5) is 34.4. The van der Waals surface area contributed by atoms with Gasteiger partial charge >= 0.3 is 0 Å². The Morgan fingerprint density at radius 3 is 2.35 bits per heavy atom. The maximum Gasteiger partial charge on any atom is 0.296 e. The monoisotopic (exact) mass is 547 g/mol. The van der Waals surface area contributed by atoms with Gasteiger partial charge < -0.3 is 25.7 Å². The molecule has 2 atom stereocenters. The van der Waals surface area contributed by atoms with Gasteiger partial charge in [0.05, 0.1) is 12.6 Å². The van der Waals surface area contributed by atoms with Crippen LogP contribution in [0.25, 0.3) is 11.1 Å². The van der Waals surface area contributed by atoms with Gasteiger partial charge in [0.15, 0.2) is 5.58 Å². The lowest BCUT2D eigenvalue weighted by atomic mass is 9.79. The number of hydrogen-bond donors (Lipinski definition) is 3. The third kappa shape index (κ3) is 6.70. The minimum atomic E-state index is -0.494. The van der Waals surface area contributed by atoms with Crippen LogP contribution in [0.1, 0.15) is 83.5 Å². The molecule has 8 nitrogen and oxygen atoms in total. The highest BCUT2D eigenvalue weighted by Crippen LogP contribution is 2.34. The van der Waals surface area contributed by atoms with Crippen LogP contribution in [0, 0.1) is 11.8 Å². The maximum atomic E-state index is 14.4. The van der Waals surface area contributed by atoms with Gasteiger partial charge in [0.2, 0.25) is 11.8 Å². The van der Waals surface area contributed by atoms with E-state index in [-0.39, 0.29) is 36.4 Å². The lowest BCUT2D eigenvalue weighted by Gasteiger charge is -2.37. The average molecular weight is 548 g/mol. The number of carbonyl (C=O) groups is 2. The summed E-state index contributed by atoms with van der Waals surface area (Å²) in [5.41, 5.74) is 8.49. The summed E-state index contributed by atoms with van der Waals surface area (Å²) in [6.07, 6.45) is 13.6. The summed E-state index contributed by atoms with van der Waals surface area (Å²) in [7, 11) is 0. The van der Waals surface area contributed by atoms with Gasteiger partial charge in [0, 0.05) is 11.7 Å². The van der Waals surface area contributed by atoms with Crippen molar-refractivity contribution in [2.45, 2.75) is 102 Å². The number of fused-ring (bicyclic) bond motifs is 1. The first-order chi connectivity index (χ1) is 19.4. The van der Waals surface area contributed by atoms with E-state index in [1.165, 1.54) is 12.8 Å². The van der Waals surface area contributed by atoms with Crippen LogP contribution in [0.2, 0.25) is 0 Å². The van der Waals surface area contributed by atoms with Crippen LogP contribution in [0.4, 0.5) is 6.01 Å². The molecule has 5 rings (SSSR count). The predicted octanol–water partition coefficient (Wildman–Crippen LogP) is 5.66. The zero-order valence-electron chi connectivity index (χ0n) is 23.7. The molecule has 0 spiro atoms. The number of carbonyl (C=O) groups excluding carboxylic acids is 2. The standard InChI is InChI=1S/C32H45N5O3/c1-21(22(2)33)27(19-23-11-10-12-23)34-29(38)20-37(25-15-6-7-16-25)31(39)30(24-13-4-3-5-14-24)36-32-35-26-17-8-9-18-28(26)40-32/h8-9,17-18,23-25,27,30H,1-7,10-16,19-20,33H2,(H,34,38)(H,35,36)/t27?,30-/m0/s1. The zero-order valence-corrected chi connectivity index (χ0v) is 23.7. The average Bonchev–Trinajstić information content (AvgIpc) is 3.61. The molecule has 0 radical (unpaired) electrons. The highest BCUT2D eigenvalue weighted by molar-refractivity contribution is 5.90. The van der Waals surface area contributed by atoms with Crippen LogP contribution in [0.3, 0.4) is 0 Å². The van der Waals surface area contributed by atoms with Crippen molar-refractivity contribution in [1.29, 1.82) is 0 Å². The molecule has 0 bridgehead atoms. The molecule has 1 heterocycles. The first-order valence-electron chi connectivity index (χ1n) is 15.2. The van der Waals surface area contributed by atoms with E-state index in [0.717, 1.165) is 76.1 Å². The summed E-state index contributed by atoms with van der Waals surface area (Å²) >= 11 is 0. The van der Waals surface area contributed by atoms with Crippen molar-refractivity contribution in [3.63, 3.8) is 0 Å². The fraction of sp³-hybridized carbons (Fsp3) is 0.594. The van der Waals surface area contributed by atoms with Gasteiger partial charge in [-0.2, -0.15) is 4.98 Å². The van der Waals surface area contributed by atoms with Crippen LogP contribution >= 0.6 is 0 Å². The molecule has 1 aromatic carbocycles. The Kier molecular flexibility index (Phi) is 9.12. The van der Waals surface area contributed by atoms with Gasteiger partial charge in [-0.15, -0.1) is 0 Å². The van der Waals surface area contributed by atoms with E-state index in [9.17, 15) is 9.59 Å². The normalized spacial score (nSPS) is 20.0. The molecular formula is C32H45N5O3. The Balaban J connectivity index is 1.35. The Hall–Kier alpha value is -3.29. The number of rotatable bonds is 12. The molecule has 3 aliphatic carbocycles. The second kappa shape index (κ2) is 12.9. The highest BCUT2D eigenvalue weighted by Gasteiger charge is 2.38. The summed E-state index contributed by atoms with van der Waals surface area (Å²) < 4.78 is 5.98. The second-order valence-electron chi connectivity index (χ2n) is 12.1. The predicted molar refractivity (Wildman–Crippen MR) is 158 cm³/mol. The van der Waals surface area contributed by atoms with Crippen molar-refractivity contribution < 1.29 is 14.0 Å². The molecule has 3 fully saturated rings. The molecule has 1 unspecified atom stereocenters. The first-order valence-corrected chi connectivity index (χ1v) is 15.2. The van der Waals surface area contributed by atoms with Crippen LogP contribution in [-0.2, 0) is 9.59 Å². The summed E-state index contributed by atoms with van der Waals surface area (Å²) in [6.45, 7) is 8.00. The smallest absolute Gasteiger partial charge is 0.296 e. The van der Waals surface area contributed by atoms with E-state index >= 15 is 0 Å². The van der Waals surface area contributed by atoms with Gasteiger partial charge in [-0.25, -0.2) is 0 Å². The van der Waals surface area contributed by atoms with Gasteiger partial charge in [-0.3, -0.25) is 9.59 Å². The third-order valence-corrected chi connectivity index (χ3v) is 9.28. The molecule has 216 valence electrons. The molecule has 0 saturated heterocycles. The molecule has 3 saturated carbocycles. The Bertz CT molecular complexity index is 1170. The van der Waals surface area contributed by atoms with Crippen molar-refractivity contribution >= 4 is 28.9 Å². The minimum Gasteiger partial charge on any atom is -0.424 e. The largest absolute Gasteiger partial charge is 0.424 e. The fourth-order valence-corrected chi connectivity index (χ4v) is 6.67. The van der Waals surface area contributed by atoms with E-state index in [2.05, 4.69) is 28.8 Å². The van der Waals surface area contributed by atoms with E-state index in [1.54, 1.807) is 0 Å². The molecule has 4 N–H and O–H groups in total. The SMILES string of the molecule is C=C(N)C(=C)C(CC1CCC1)NC(=O)CN(C(=O)[C@@H](Nc1nc2ccccc2o1)C1CCCCC1)C1CCCC1. The molecule has 40 heavy (non-hydrogen) atoms. The van der Waals surface area contributed by atoms with E-state index in [1.807, 2.05) is 29.2 Å². The number of nitrogens with one attached hydrogen (secondary N) is 2. The van der Waals surface area contributed by atoms with E-state index in [0.29, 0.717) is 28.8 Å². The fourth-order valence-electron chi connectivity index (χ4n) is 6.67. The van der Waals surface area contributed by atoms with Gasteiger partial charge in [-0.1, -0.05) is 76.7 Å². The Labute approximate surface area is 237 Å². The topological polar surface area (TPSA) is 113 Å². The van der Waals surface area contributed by atoms with Crippen molar-refractivity contribution in [3.8, 4) is 0 Å².